The van der Waals surface area contributed by atoms with Crippen LogP contribution in [0.5, 0.6) is 0 Å². The van der Waals surface area contributed by atoms with E-state index in [1.54, 1.807) is 0 Å². The fourth-order valence-corrected chi connectivity index (χ4v) is 0.353. The Morgan fingerprint density at radius 1 is 1.88 bits per heavy atom. The van der Waals surface area contributed by atoms with Gasteiger partial charge in [0.25, 0.3) is 0 Å². The second-order valence-corrected chi connectivity index (χ2v) is 1.30. The lowest BCUT2D eigenvalue weighted by atomic mass is 10.4. The Balaban J connectivity index is 3.52. The van der Waals surface area contributed by atoms with Crippen LogP contribution in [0.25, 0.3) is 10.4 Å². The number of rotatable bonds is 3. The van der Waals surface area contributed by atoms with Crippen LogP contribution in [-0.4, -0.2) is 13.3 Å². The third-order valence-electron chi connectivity index (χ3n) is 0.802. The van der Waals surface area contributed by atoms with E-state index in [0.717, 1.165) is 6.42 Å². The molecule has 8 heavy (non-hydrogen) atoms. The van der Waals surface area contributed by atoms with E-state index in [-0.39, 0.29) is 6.23 Å². The molecule has 1 unspecified atom stereocenters. The van der Waals surface area contributed by atoms with E-state index in [1.165, 1.54) is 7.11 Å². The first-order valence-electron chi connectivity index (χ1n) is 2.42. The number of hydrogen-bond donors (Lipinski definition) is 0. The minimum Gasteiger partial charge on any atom is -0.375 e. The van der Waals surface area contributed by atoms with E-state index in [1.807, 2.05) is 6.92 Å². The van der Waals surface area contributed by atoms with Crippen molar-refractivity contribution in [3.05, 3.63) is 10.4 Å². The molecule has 46 valence electrons. The van der Waals surface area contributed by atoms with Crippen LogP contribution >= 0.6 is 0 Å². The maximum Gasteiger partial charge on any atom is 0.135 e. The van der Waals surface area contributed by atoms with Gasteiger partial charge < -0.3 is 4.74 Å². The normalized spacial score (nSPS) is 12.2. The van der Waals surface area contributed by atoms with Crippen molar-refractivity contribution >= 4 is 0 Å². The summed E-state index contributed by atoms with van der Waals surface area (Å²) in [6.45, 7) is 1.89. The first-order chi connectivity index (χ1) is 3.85. The van der Waals surface area contributed by atoms with Crippen LogP contribution in [0.1, 0.15) is 13.3 Å². The van der Waals surface area contributed by atoms with Crippen molar-refractivity contribution in [3.63, 3.8) is 0 Å². The molecule has 0 saturated carbocycles. The molecule has 4 nitrogen and oxygen atoms in total. The Labute approximate surface area is 48.1 Å². The molecule has 0 amide bonds. The van der Waals surface area contributed by atoms with Crippen LogP contribution in [-0.2, 0) is 4.74 Å². The molecule has 0 saturated heterocycles. The molecule has 0 aromatic carbocycles. The highest BCUT2D eigenvalue weighted by molar-refractivity contribution is 4.50. The van der Waals surface area contributed by atoms with Gasteiger partial charge in [-0.2, -0.15) is 0 Å². The number of nitrogens with zero attached hydrogens (tertiary/aromatic N) is 3. The first-order valence-corrected chi connectivity index (χ1v) is 2.42. The van der Waals surface area contributed by atoms with Gasteiger partial charge in [-0.3, -0.25) is 0 Å². The summed E-state index contributed by atoms with van der Waals surface area (Å²) in [5, 5.41) is 3.32. The van der Waals surface area contributed by atoms with Crippen LogP contribution in [0, 0.1) is 0 Å². The molecule has 4 heteroatoms. The SMILES string of the molecule is CCC(N=[N+]=[N-])OC. The predicted octanol–water partition coefficient (Wildman–Crippen LogP) is 1.68. The predicted molar refractivity (Wildman–Crippen MR) is 30.2 cm³/mol. The Hall–Kier alpha value is -0.730. The van der Waals surface area contributed by atoms with Gasteiger partial charge in [-0.05, 0) is 12.0 Å². The molecule has 0 N–H and O–H groups in total. The van der Waals surface area contributed by atoms with Gasteiger partial charge in [-0.15, -0.1) is 0 Å². The minimum atomic E-state index is -0.292. The van der Waals surface area contributed by atoms with E-state index < -0.39 is 0 Å². The number of azide groups is 1. The van der Waals surface area contributed by atoms with Gasteiger partial charge in [0, 0.05) is 12.0 Å². The summed E-state index contributed by atoms with van der Waals surface area (Å²) >= 11 is 0. The molecule has 0 aliphatic rings. The zero-order valence-corrected chi connectivity index (χ0v) is 5.03. The van der Waals surface area contributed by atoms with Gasteiger partial charge in [0.15, 0.2) is 0 Å². The molecule has 0 fully saturated rings. The molecule has 0 radical (unpaired) electrons. The second-order valence-electron chi connectivity index (χ2n) is 1.30. The summed E-state index contributed by atoms with van der Waals surface area (Å²) in [4.78, 5) is 2.58. The summed E-state index contributed by atoms with van der Waals surface area (Å²) in [6, 6.07) is 0. The minimum absolute atomic E-state index is 0.292. The molecule has 0 aromatic heterocycles. The summed E-state index contributed by atoms with van der Waals surface area (Å²) in [6.07, 6.45) is 0.431. The molecular formula is C4H9N3O. The van der Waals surface area contributed by atoms with Gasteiger partial charge in [0.1, 0.15) is 6.23 Å². The smallest absolute Gasteiger partial charge is 0.135 e. The van der Waals surface area contributed by atoms with Gasteiger partial charge >= 0.3 is 0 Å². The van der Waals surface area contributed by atoms with Crippen molar-refractivity contribution in [2.24, 2.45) is 5.11 Å². The van der Waals surface area contributed by atoms with Crippen molar-refractivity contribution in [1.82, 2.24) is 0 Å². The molecule has 0 bridgehead atoms. The topological polar surface area (TPSA) is 58.0 Å². The molecule has 0 aliphatic heterocycles. The second kappa shape index (κ2) is 4.43. The summed E-state index contributed by atoms with van der Waals surface area (Å²) in [5.74, 6) is 0. The van der Waals surface area contributed by atoms with E-state index in [0.29, 0.717) is 0 Å². The third-order valence-corrected chi connectivity index (χ3v) is 0.802. The van der Waals surface area contributed by atoms with E-state index >= 15 is 0 Å². The van der Waals surface area contributed by atoms with E-state index in [2.05, 4.69) is 10.0 Å². The number of ether oxygens (including phenoxy) is 1. The molecule has 0 rings (SSSR count). The lowest BCUT2D eigenvalue weighted by molar-refractivity contribution is 0.105. The third kappa shape index (κ3) is 2.44. The highest BCUT2D eigenvalue weighted by Crippen LogP contribution is 1.95. The largest absolute Gasteiger partial charge is 0.375 e. The first kappa shape index (κ1) is 7.27. The number of hydrogen-bond acceptors (Lipinski definition) is 2. The van der Waals surface area contributed by atoms with Crippen molar-refractivity contribution in [1.29, 1.82) is 0 Å². The van der Waals surface area contributed by atoms with Gasteiger partial charge in [-0.1, -0.05) is 12.0 Å². The quantitative estimate of drug-likeness (QED) is 0.313. The fourth-order valence-electron chi connectivity index (χ4n) is 0.353. The maximum atomic E-state index is 7.88. The summed E-state index contributed by atoms with van der Waals surface area (Å²) in [7, 11) is 1.52. The molecule has 0 spiro atoms. The highest BCUT2D eigenvalue weighted by Gasteiger charge is 1.95. The van der Waals surface area contributed by atoms with Crippen LogP contribution in [0.4, 0.5) is 0 Å². The Kier molecular flexibility index (Phi) is 4.03. The molecule has 0 aliphatic carbocycles. The maximum absolute atomic E-state index is 7.88. The zero-order chi connectivity index (χ0) is 6.41. The number of methoxy groups -OCH3 is 1. The zero-order valence-electron chi connectivity index (χ0n) is 5.03. The average molecular weight is 115 g/mol. The fraction of sp³-hybridized carbons (Fsp3) is 1.00. The van der Waals surface area contributed by atoms with Gasteiger partial charge in [-0.25, -0.2) is 0 Å². The summed E-state index contributed by atoms with van der Waals surface area (Å²) in [5.41, 5.74) is 7.88. The van der Waals surface area contributed by atoms with Crippen molar-refractivity contribution in [2.75, 3.05) is 7.11 Å². The van der Waals surface area contributed by atoms with Crippen LogP contribution in [0.2, 0.25) is 0 Å². The van der Waals surface area contributed by atoms with Crippen LogP contribution in [0.15, 0.2) is 5.11 Å². The Morgan fingerprint density at radius 2 is 2.50 bits per heavy atom. The standard InChI is InChI=1S/C4H9N3O/c1-3-4(8-2)6-7-5/h4H,3H2,1-2H3. The molecule has 0 aromatic rings. The van der Waals surface area contributed by atoms with E-state index in [4.69, 9.17) is 10.3 Å². The van der Waals surface area contributed by atoms with Gasteiger partial charge in [0.2, 0.25) is 0 Å². The summed E-state index contributed by atoms with van der Waals surface area (Å²) < 4.78 is 4.72. The van der Waals surface area contributed by atoms with Crippen molar-refractivity contribution in [2.45, 2.75) is 19.6 Å². The van der Waals surface area contributed by atoms with Crippen LogP contribution < -0.4 is 0 Å². The highest BCUT2D eigenvalue weighted by atomic mass is 16.5. The lowest BCUT2D eigenvalue weighted by Gasteiger charge is -2.01. The Morgan fingerprint density at radius 3 is 2.62 bits per heavy atom. The van der Waals surface area contributed by atoms with E-state index in [9.17, 15) is 0 Å². The van der Waals surface area contributed by atoms with Gasteiger partial charge in [0.05, 0.1) is 0 Å². The van der Waals surface area contributed by atoms with Crippen molar-refractivity contribution < 1.29 is 4.74 Å². The van der Waals surface area contributed by atoms with Crippen LogP contribution in [0.3, 0.4) is 0 Å². The monoisotopic (exact) mass is 115 g/mol. The Bertz CT molecular complexity index is 93.5. The molecular weight excluding hydrogens is 106 g/mol. The lowest BCUT2D eigenvalue weighted by Crippen LogP contribution is -2.02. The van der Waals surface area contributed by atoms with Crippen molar-refractivity contribution in [3.8, 4) is 0 Å². The molecule has 1 atom stereocenters. The molecule has 0 heterocycles. The average Bonchev–Trinajstić information content (AvgIpc) is 1.83.